The summed E-state index contributed by atoms with van der Waals surface area (Å²) in [5.74, 6) is 0.603. The van der Waals surface area contributed by atoms with Crippen molar-refractivity contribution in [3.05, 3.63) is 63.9 Å². The van der Waals surface area contributed by atoms with Gasteiger partial charge in [0.15, 0.2) is 0 Å². The molecule has 1 atom stereocenters. The maximum atomic E-state index is 9.34. The number of aryl methyl sites for hydroxylation is 1. The van der Waals surface area contributed by atoms with Gasteiger partial charge in [0.25, 0.3) is 0 Å². The van der Waals surface area contributed by atoms with Gasteiger partial charge in [-0.25, -0.2) is 0 Å². The molecule has 1 aromatic carbocycles. The Balaban J connectivity index is 0. The van der Waals surface area contributed by atoms with Crippen LogP contribution in [0.2, 0.25) is 0 Å². The summed E-state index contributed by atoms with van der Waals surface area (Å²) >= 11 is 0. The highest BCUT2D eigenvalue weighted by Crippen LogP contribution is 2.24. The van der Waals surface area contributed by atoms with Crippen molar-refractivity contribution in [1.29, 1.82) is 0 Å². The molecule has 0 spiro atoms. The molecule has 0 heterocycles. The zero-order chi connectivity index (χ0) is 20.3. The largest absolute Gasteiger partial charge is 0.399 e. The molecule has 2 rings (SSSR count). The van der Waals surface area contributed by atoms with Crippen LogP contribution in [0, 0.1) is 6.92 Å². The number of benzene rings is 1. The number of rotatable bonds is 3. The molecule has 1 aliphatic carbocycles. The molecule has 154 valence electrons. The van der Waals surface area contributed by atoms with Crippen LogP contribution < -0.4 is 5.73 Å². The second-order valence-electron chi connectivity index (χ2n) is 6.80. The van der Waals surface area contributed by atoms with Gasteiger partial charge in [0.05, 0.1) is 6.10 Å². The minimum absolute atomic E-state index is 0. The summed E-state index contributed by atoms with van der Waals surface area (Å²) in [4.78, 5) is 0. The third kappa shape index (κ3) is 8.62. The molecule has 1 aromatic rings. The van der Waals surface area contributed by atoms with E-state index >= 15 is 0 Å². The summed E-state index contributed by atoms with van der Waals surface area (Å²) in [5.41, 5.74) is 12.8. The van der Waals surface area contributed by atoms with Crippen LogP contribution >= 0.6 is 0 Å². The van der Waals surface area contributed by atoms with Crippen LogP contribution in [0.4, 0.5) is 0 Å². The first kappa shape index (κ1) is 27.4. The van der Waals surface area contributed by atoms with Crippen molar-refractivity contribution < 1.29 is 5.11 Å². The van der Waals surface area contributed by atoms with E-state index in [1.165, 1.54) is 22.3 Å². The molecule has 0 aliphatic heterocycles. The molecule has 0 bridgehead atoms. The van der Waals surface area contributed by atoms with Crippen LogP contribution in [0.3, 0.4) is 0 Å². The first-order valence-corrected chi connectivity index (χ1v) is 9.85. The Hall–Kier alpha value is -1.80. The fourth-order valence-corrected chi connectivity index (χ4v) is 3.13. The summed E-state index contributed by atoms with van der Waals surface area (Å²) in [6, 6.07) is 6.52. The van der Waals surface area contributed by atoms with Crippen molar-refractivity contribution in [2.24, 2.45) is 5.73 Å². The van der Waals surface area contributed by atoms with Gasteiger partial charge in [-0.3, -0.25) is 0 Å². The highest BCUT2D eigenvalue weighted by molar-refractivity contribution is 5.58. The van der Waals surface area contributed by atoms with Crippen LogP contribution in [-0.4, -0.2) is 11.2 Å². The van der Waals surface area contributed by atoms with Crippen molar-refractivity contribution >= 4 is 6.08 Å². The second kappa shape index (κ2) is 14.3. The quantitative estimate of drug-likeness (QED) is 0.591. The van der Waals surface area contributed by atoms with Gasteiger partial charge in [-0.1, -0.05) is 77.1 Å². The highest BCUT2D eigenvalue weighted by Gasteiger charge is 2.14. The lowest BCUT2D eigenvalue weighted by atomic mass is 9.93. The van der Waals surface area contributed by atoms with Gasteiger partial charge in [-0.15, -0.1) is 0 Å². The Morgan fingerprint density at radius 2 is 1.70 bits per heavy atom. The molecule has 3 N–H and O–H groups in total. The number of nitrogens with two attached hydrogens (primary N) is 1. The Labute approximate surface area is 168 Å². The molecule has 0 radical (unpaired) electrons. The van der Waals surface area contributed by atoms with Gasteiger partial charge in [-0.05, 0) is 63.1 Å². The standard InChI is InChI=1S/C13H18.C9H15NO.C2H6.CH4/c1-5-7-13-11(4)8-6-9-12(13)10(2)3;1-6-4-3-5-8(10)9(6)7(2)11;1-2;/h5-10H,1-4H3;5,7,11H,3-4,10H2,1-2H3;1-2H3;1H4/b7-5-;;;. The minimum atomic E-state index is -0.424. The molecule has 2 nitrogen and oxygen atoms in total. The van der Waals surface area contributed by atoms with Crippen molar-refractivity contribution in [3.63, 3.8) is 0 Å². The van der Waals surface area contributed by atoms with E-state index < -0.39 is 6.10 Å². The lowest BCUT2D eigenvalue weighted by molar-refractivity contribution is 0.231. The van der Waals surface area contributed by atoms with Gasteiger partial charge in [0, 0.05) is 11.3 Å². The molecule has 1 unspecified atom stereocenters. The van der Waals surface area contributed by atoms with Gasteiger partial charge in [0.1, 0.15) is 0 Å². The molecule has 0 saturated heterocycles. The maximum Gasteiger partial charge on any atom is 0.0781 e. The van der Waals surface area contributed by atoms with E-state index in [1.54, 1.807) is 6.92 Å². The summed E-state index contributed by atoms with van der Waals surface area (Å²) in [5, 5.41) is 9.34. The molecular formula is C25H43NO. The predicted octanol–water partition coefficient (Wildman–Crippen LogP) is 7.13. The van der Waals surface area contributed by atoms with Gasteiger partial charge in [-0.2, -0.15) is 0 Å². The molecule has 0 fully saturated rings. The number of aliphatic hydroxyl groups is 1. The van der Waals surface area contributed by atoms with Crippen molar-refractivity contribution in [2.75, 3.05) is 0 Å². The van der Waals surface area contributed by atoms with E-state index in [0.29, 0.717) is 5.92 Å². The van der Waals surface area contributed by atoms with E-state index in [9.17, 15) is 5.11 Å². The minimum Gasteiger partial charge on any atom is -0.399 e. The van der Waals surface area contributed by atoms with Crippen LogP contribution in [0.1, 0.15) is 91.3 Å². The number of aliphatic hydroxyl groups excluding tert-OH is 1. The van der Waals surface area contributed by atoms with Crippen LogP contribution in [0.25, 0.3) is 6.08 Å². The average Bonchev–Trinajstić information content (AvgIpc) is 2.58. The Morgan fingerprint density at radius 3 is 2.11 bits per heavy atom. The predicted molar refractivity (Wildman–Crippen MR) is 124 cm³/mol. The smallest absolute Gasteiger partial charge is 0.0781 e. The molecule has 0 amide bonds. The lowest BCUT2D eigenvalue weighted by Gasteiger charge is -2.19. The fraction of sp³-hybridized carbons (Fsp3) is 0.520. The molecule has 1 aliphatic rings. The highest BCUT2D eigenvalue weighted by atomic mass is 16.3. The summed E-state index contributed by atoms with van der Waals surface area (Å²) < 4.78 is 0. The molecule has 27 heavy (non-hydrogen) atoms. The van der Waals surface area contributed by atoms with E-state index in [4.69, 9.17) is 5.73 Å². The molecule has 0 aromatic heterocycles. The zero-order valence-corrected chi connectivity index (χ0v) is 18.1. The van der Waals surface area contributed by atoms with Crippen molar-refractivity contribution in [2.45, 2.75) is 87.7 Å². The second-order valence-corrected chi connectivity index (χ2v) is 6.80. The average molecular weight is 374 g/mol. The Morgan fingerprint density at radius 1 is 1.11 bits per heavy atom. The van der Waals surface area contributed by atoms with Gasteiger partial charge in [0.2, 0.25) is 0 Å². The van der Waals surface area contributed by atoms with Crippen LogP contribution in [0.15, 0.2) is 47.2 Å². The fourth-order valence-electron chi connectivity index (χ4n) is 3.13. The van der Waals surface area contributed by atoms with E-state index in [-0.39, 0.29) is 7.43 Å². The van der Waals surface area contributed by atoms with Crippen LogP contribution in [0.5, 0.6) is 0 Å². The number of hydrogen-bond donors (Lipinski definition) is 2. The first-order chi connectivity index (χ1) is 12.3. The third-order valence-corrected chi connectivity index (χ3v) is 4.39. The van der Waals surface area contributed by atoms with Gasteiger partial charge < -0.3 is 10.8 Å². The molecular weight excluding hydrogens is 330 g/mol. The maximum absolute atomic E-state index is 9.34. The third-order valence-electron chi connectivity index (χ3n) is 4.39. The first-order valence-electron chi connectivity index (χ1n) is 9.85. The van der Waals surface area contributed by atoms with E-state index in [2.05, 4.69) is 58.0 Å². The normalized spacial score (nSPS) is 14.5. The Kier molecular flexibility index (Phi) is 14.5. The summed E-state index contributed by atoms with van der Waals surface area (Å²) in [6.07, 6.45) is 7.90. The summed E-state index contributed by atoms with van der Waals surface area (Å²) in [6.45, 7) is 16.5. The topological polar surface area (TPSA) is 46.2 Å². The summed E-state index contributed by atoms with van der Waals surface area (Å²) in [7, 11) is 0. The molecule has 2 heteroatoms. The van der Waals surface area contributed by atoms with E-state index in [0.717, 1.165) is 24.1 Å². The monoisotopic (exact) mass is 373 g/mol. The zero-order valence-electron chi connectivity index (χ0n) is 18.1. The van der Waals surface area contributed by atoms with Crippen molar-refractivity contribution in [1.82, 2.24) is 0 Å². The Bertz CT molecular complexity index is 634. The SMILES string of the molecule is C.C/C=C\c1c(C)cccc1C(C)C.CC.CC1=C(C(C)O)C(N)=CCC1. The van der Waals surface area contributed by atoms with E-state index in [1.807, 2.05) is 26.8 Å². The van der Waals surface area contributed by atoms with Crippen LogP contribution in [-0.2, 0) is 0 Å². The van der Waals surface area contributed by atoms with Gasteiger partial charge >= 0.3 is 0 Å². The number of allylic oxidation sites excluding steroid dienone is 3. The molecule has 0 saturated carbocycles. The number of hydrogen-bond acceptors (Lipinski definition) is 2. The van der Waals surface area contributed by atoms with Crippen molar-refractivity contribution in [3.8, 4) is 0 Å². The lowest BCUT2D eigenvalue weighted by Crippen LogP contribution is -2.17.